The number of rotatable bonds is 6. The lowest BCUT2D eigenvalue weighted by Crippen LogP contribution is -2.34. The molecule has 1 heterocycles. The van der Waals surface area contributed by atoms with Gasteiger partial charge in [-0.1, -0.05) is 15.9 Å². The van der Waals surface area contributed by atoms with Crippen LogP contribution in [0.5, 0.6) is 11.5 Å². The van der Waals surface area contributed by atoms with Crippen molar-refractivity contribution in [1.29, 1.82) is 0 Å². The second-order valence-electron chi connectivity index (χ2n) is 6.09. The number of furan rings is 1. The number of nitrogens with one attached hydrogen (secondary N) is 2. The number of hydrogen-bond acceptors (Lipinski definition) is 6. The van der Waals surface area contributed by atoms with Gasteiger partial charge in [0.2, 0.25) is 0 Å². The first-order valence-corrected chi connectivity index (χ1v) is 9.99. The Kier molecular flexibility index (Phi) is 7.09. The average molecular weight is 491 g/mol. The van der Waals surface area contributed by atoms with Gasteiger partial charge in [0.1, 0.15) is 29.6 Å². The van der Waals surface area contributed by atoms with E-state index in [0.717, 1.165) is 10.0 Å². The van der Waals surface area contributed by atoms with Crippen molar-refractivity contribution in [2.75, 3.05) is 19.5 Å². The predicted molar refractivity (Wildman–Crippen MR) is 121 cm³/mol. The number of carbonyl (C=O) groups is 1. The van der Waals surface area contributed by atoms with Crippen LogP contribution in [0.1, 0.15) is 16.1 Å². The van der Waals surface area contributed by atoms with Crippen molar-refractivity contribution in [3.63, 3.8) is 0 Å². The van der Waals surface area contributed by atoms with E-state index >= 15 is 0 Å². The molecule has 0 spiro atoms. The van der Waals surface area contributed by atoms with Gasteiger partial charge in [-0.15, -0.1) is 0 Å². The minimum atomic E-state index is -0.417. The number of benzene rings is 2. The Bertz CT molecular complexity index is 1080. The molecule has 0 unspecified atom stereocenters. The standard InChI is InChI=1S/C21H19BrN2O5S/c1-27-18-7-4-13(22)10-15(18)20(26)24-21(30)23-16-9-12(3-6-19(16)28-2)17-8-5-14(11-25)29-17/h3-10,25H,11H2,1-2H3,(H2,23,24,26,30). The van der Waals surface area contributed by atoms with Crippen molar-refractivity contribution in [1.82, 2.24) is 5.32 Å². The van der Waals surface area contributed by atoms with Crippen molar-refractivity contribution in [3.05, 3.63) is 64.3 Å². The van der Waals surface area contributed by atoms with E-state index in [1.165, 1.54) is 14.2 Å². The van der Waals surface area contributed by atoms with Crippen molar-refractivity contribution in [2.45, 2.75) is 6.61 Å². The van der Waals surface area contributed by atoms with Gasteiger partial charge < -0.3 is 24.3 Å². The summed E-state index contributed by atoms with van der Waals surface area (Å²) >= 11 is 8.65. The number of anilines is 1. The Morgan fingerprint density at radius 2 is 1.83 bits per heavy atom. The van der Waals surface area contributed by atoms with Crippen LogP contribution in [0.4, 0.5) is 5.69 Å². The summed E-state index contributed by atoms with van der Waals surface area (Å²) in [5, 5.41) is 14.9. The molecule has 0 saturated heterocycles. The number of aliphatic hydroxyl groups excluding tert-OH is 1. The molecule has 3 rings (SSSR count). The van der Waals surface area contributed by atoms with Crippen LogP contribution in [-0.2, 0) is 6.61 Å². The van der Waals surface area contributed by atoms with Gasteiger partial charge in [-0.25, -0.2) is 0 Å². The molecule has 2 aromatic carbocycles. The second-order valence-corrected chi connectivity index (χ2v) is 7.42. The number of carbonyl (C=O) groups excluding carboxylic acids is 1. The molecule has 156 valence electrons. The molecule has 1 amide bonds. The summed E-state index contributed by atoms with van der Waals surface area (Å²) in [7, 11) is 3.02. The zero-order chi connectivity index (χ0) is 21.7. The van der Waals surface area contributed by atoms with Gasteiger partial charge in [0.15, 0.2) is 5.11 Å². The molecule has 0 bridgehead atoms. The Balaban J connectivity index is 1.79. The molecular weight excluding hydrogens is 472 g/mol. The van der Waals surface area contributed by atoms with E-state index in [1.807, 2.05) is 6.07 Å². The molecule has 0 radical (unpaired) electrons. The first-order chi connectivity index (χ1) is 14.4. The second kappa shape index (κ2) is 9.75. The lowest BCUT2D eigenvalue weighted by atomic mass is 10.1. The highest BCUT2D eigenvalue weighted by atomic mass is 79.9. The predicted octanol–water partition coefficient (Wildman–Crippen LogP) is 4.35. The molecule has 0 saturated carbocycles. The molecule has 0 aliphatic carbocycles. The summed E-state index contributed by atoms with van der Waals surface area (Å²) in [5.74, 6) is 1.58. The Labute approximate surface area is 187 Å². The van der Waals surface area contributed by atoms with E-state index in [1.54, 1.807) is 42.5 Å². The third-order valence-corrected chi connectivity index (χ3v) is 4.88. The van der Waals surface area contributed by atoms with Crippen molar-refractivity contribution < 1.29 is 23.8 Å². The van der Waals surface area contributed by atoms with Gasteiger partial charge in [0, 0.05) is 10.0 Å². The van der Waals surface area contributed by atoms with Crippen LogP contribution < -0.4 is 20.1 Å². The number of halogens is 1. The number of amides is 1. The van der Waals surface area contributed by atoms with E-state index in [-0.39, 0.29) is 11.7 Å². The summed E-state index contributed by atoms with van der Waals surface area (Å²) in [6.07, 6.45) is 0. The highest BCUT2D eigenvalue weighted by Gasteiger charge is 2.16. The fourth-order valence-electron chi connectivity index (χ4n) is 2.76. The first-order valence-electron chi connectivity index (χ1n) is 8.79. The highest BCUT2D eigenvalue weighted by Crippen LogP contribution is 2.31. The Morgan fingerprint density at radius 1 is 1.10 bits per heavy atom. The molecule has 30 heavy (non-hydrogen) atoms. The monoisotopic (exact) mass is 490 g/mol. The molecule has 0 atom stereocenters. The maximum atomic E-state index is 12.6. The molecule has 0 aliphatic heterocycles. The third-order valence-electron chi connectivity index (χ3n) is 4.18. The van der Waals surface area contributed by atoms with Gasteiger partial charge in [-0.05, 0) is 60.7 Å². The molecule has 3 N–H and O–H groups in total. The molecule has 3 aromatic rings. The molecule has 1 aromatic heterocycles. The largest absolute Gasteiger partial charge is 0.496 e. The fourth-order valence-corrected chi connectivity index (χ4v) is 3.32. The van der Waals surface area contributed by atoms with Gasteiger partial charge >= 0.3 is 0 Å². The van der Waals surface area contributed by atoms with Crippen LogP contribution in [0.2, 0.25) is 0 Å². The van der Waals surface area contributed by atoms with E-state index in [0.29, 0.717) is 34.3 Å². The molecule has 0 fully saturated rings. The minimum Gasteiger partial charge on any atom is -0.496 e. The van der Waals surface area contributed by atoms with Crippen molar-refractivity contribution in [2.24, 2.45) is 0 Å². The molecule has 7 nitrogen and oxygen atoms in total. The number of methoxy groups -OCH3 is 2. The van der Waals surface area contributed by atoms with Crippen LogP contribution in [0.15, 0.2) is 57.4 Å². The van der Waals surface area contributed by atoms with Crippen LogP contribution in [0.3, 0.4) is 0 Å². The summed E-state index contributed by atoms with van der Waals surface area (Å²) in [6.45, 7) is -0.184. The minimum absolute atomic E-state index is 0.0907. The maximum absolute atomic E-state index is 12.6. The number of hydrogen-bond donors (Lipinski definition) is 3. The van der Waals surface area contributed by atoms with Crippen LogP contribution in [0, 0.1) is 0 Å². The number of aliphatic hydroxyl groups is 1. The topological polar surface area (TPSA) is 93.0 Å². The van der Waals surface area contributed by atoms with Crippen LogP contribution in [0.25, 0.3) is 11.3 Å². The van der Waals surface area contributed by atoms with E-state index in [2.05, 4.69) is 26.6 Å². The summed E-state index contributed by atoms with van der Waals surface area (Å²) in [4.78, 5) is 12.6. The van der Waals surface area contributed by atoms with Gasteiger partial charge in [0.05, 0.1) is 25.5 Å². The number of thiocarbonyl (C=S) groups is 1. The Hall–Kier alpha value is -2.88. The average Bonchev–Trinajstić information content (AvgIpc) is 3.23. The van der Waals surface area contributed by atoms with Crippen LogP contribution in [-0.4, -0.2) is 30.3 Å². The SMILES string of the molecule is COc1ccc(-c2ccc(CO)o2)cc1NC(=S)NC(=O)c1cc(Br)ccc1OC. The van der Waals surface area contributed by atoms with Crippen LogP contribution >= 0.6 is 28.1 Å². The molecule has 9 heteroatoms. The number of ether oxygens (including phenoxy) is 2. The molecular formula is C21H19BrN2O5S. The van der Waals surface area contributed by atoms with E-state index in [4.69, 9.17) is 26.1 Å². The molecule has 0 aliphatic rings. The lowest BCUT2D eigenvalue weighted by molar-refractivity contribution is 0.0974. The zero-order valence-corrected chi connectivity index (χ0v) is 18.6. The highest BCUT2D eigenvalue weighted by molar-refractivity contribution is 9.10. The first kappa shape index (κ1) is 21.8. The normalized spacial score (nSPS) is 10.4. The summed E-state index contributed by atoms with van der Waals surface area (Å²) < 4.78 is 16.9. The quantitative estimate of drug-likeness (QED) is 0.442. The smallest absolute Gasteiger partial charge is 0.261 e. The van der Waals surface area contributed by atoms with Crippen molar-refractivity contribution >= 4 is 44.9 Å². The zero-order valence-electron chi connectivity index (χ0n) is 16.2. The Morgan fingerprint density at radius 3 is 2.50 bits per heavy atom. The summed E-state index contributed by atoms with van der Waals surface area (Å²) in [5.41, 5.74) is 1.63. The van der Waals surface area contributed by atoms with Crippen molar-refractivity contribution in [3.8, 4) is 22.8 Å². The van der Waals surface area contributed by atoms with E-state index < -0.39 is 5.91 Å². The lowest BCUT2D eigenvalue weighted by Gasteiger charge is -2.15. The maximum Gasteiger partial charge on any atom is 0.261 e. The van der Waals surface area contributed by atoms with Gasteiger partial charge in [-0.3, -0.25) is 10.1 Å². The van der Waals surface area contributed by atoms with Gasteiger partial charge in [0.25, 0.3) is 5.91 Å². The fraction of sp³-hybridized carbons (Fsp3) is 0.143. The van der Waals surface area contributed by atoms with E-state index in [9.17, 15) is 9.90 Å². The summed E-state index contributed by atoms with van der Waals surface area (Å²) in [6, 6.07) is 13.9. The third kappa shape index (κ3) is 4.99. The van der Waals surface area contributed by atoms with Gasteiger partial charge in [-0.2, -0.15) is 0 Å².